The summed E-state index contributed by atoms with van der Waals surface area (Å²) in [5, 5.41) is 3.08. The molecule has 3 aliphatic rings. The second-order valence-corrected chi connectivity index (χ2v) is 10.0. The Kier molecular flexibility index (Phi) is 7.75. The van der Waals surface area contributed by atoms with E-state index >= 15 is 0 Å². The van der Waals surface area contributed by atoms with Gasteiger partial charge in [0, 0.05) is 31.3 Å². The molecule has 7 heteroatoms. The molecule has 2 aromatic rings. The highest BCUT2D eigenvalue weighted by atomic mass is 16.5. The molecule has 0 aromatic heterocycles. The van der Waals surface area contributed by atoms with Gasteiger partial charge in [-0.15, -0.1) is 0 Å². The minimum absolute atomic E-state index is 0.0433. The first kappa shape index (κ1) is 24.6. The lowest BCUT2D eigenvalue weighted by molar-refractivity contribution is -0.135. The predicted molar refractivity (Wildman–Crippen MR) is 137 cm³/mol. The molecule has 2 fully saturated rings. The predicted octanol–water partition coefficient (Wildman–Crippen LogP) is 4.26. The topological polar surface area (TPSA) is 77.1 Å². The van der Waals surface area contributed by atoms with Crippen molar-refractivity contribution in [1.29, 1.82) is 0 Å². The van der Waals surface area contributed by atoms with Crippen LogP contribution in [0.25, 0.3) is 0 Å². The number of hydrogen-bond acceptors (Lipinski definition) is 5. The summed E-state index contributed by atoms with van der Waals surface area (Å²) in [6.07, 6.45) is 6.57. The Morgan fingerprint density at radius 1 is 1.03 bits per heavy atom. The van der Waals surface area contributed by atoms with Gasteiger partial charge in [0.25, 0.3) is 0 Å². The number of fused-ring (bicyclic) bond motifs is 1. The molecule has 1 aliphatic carbocycles. The molecule has 2 heterocycles. The van der Waals surface area contributed by atoms with E-state index in [1.54, 1.807) is 7.11 Å². The van der Waals surface area contributed by atoms with Crippen molar-refractivity contribution in [2.75, 3.05) is 31.8 Å². The molecule has 3 atom stereocenters. The molecule has 192 valence electrons. The van der Waals surface area contributed by atoms with Crippen LogP contribution in [0.4, 0.5) is 5.69 Å². The Morgan fingerprint density at radius 2 is 1.86 bits per heavy atom. The van der Waals surface area contributed by atoms with Crippen molar-refractivity contribution in [3.8, 4) is 11.5 Å². The number of carbonyl (C=O) groups is 2. The maximum atomic E-state index is 13.5. The van der Waals surface area contributed by atoms with Crippen LogP contribution in [-0.2, 0) is 27.3 Å². The highest BCUT2D eigenvalue weighted by Gasteiger charge is 2.39. The normalized spacial score (nSPS) is 23.2. The van der Waals surface area contributed by atoms with Crippen molar-refractivity contribution in [2.45, 2.75) is 57.6 Å². The summed E-state index contributed by atoms with van der Waals surface area (Å²) < 4.78 is 17.1. The van der Waals surface area contributed by atoms with Crippen LogP contribution in [0.1, 0.15) is 49.7 Å². The van der Waals surface area contributed by atoms with Gasteiger partial charge in [0.2, 0.25) is 11.8 Å². The number of amides is 2. The highest BCUT2D eigenvalue weighted by Crippen LogP contribution is 2.36. The number of nitrogens with one attached hydrogen (secondary N) is 1. The van der Waals surface area contributed by atoms with E-state index in [-0.39, 0.29) is 29.8 Å². The summed E-state index contributed by atoms with van der Waals surface area (Å²) in [5.41, 5.74) is 3.14. The fraction of sp³-hybridized carbons (Fsp3) is 0.517. The molecule has 1 saturated carbocycles. The van der Waals surface area contributed by atoms with Gasteiger partial charge >= 0.3 is 0 Å². The lowest BCUT2D eigenvalue weighted by atomic mass is 9.77. The van der Waals surface area contributed by atoms with E-state index in [0.29, 0.717) is 31.2 Å². The summed E-state index contributed by atoms with van der Waals surface area (Å²) in [7, 11) is 1.62. The Hall–Kier alpha value is -3.06. The number of benzene rings is 2. The van der Waals surface area contributed by atoms with E-state index in [2.05, 4.69) is 11.4 Å². The Labute approximate surface area is 213 Å². The van der Waals surface area contributed by atoms with Gasteiger partial charge in [-0.1, -0.05) is 37.1 Å². The van der Waals surface area contributed by atoms with Crippen LogP contribution >= 0.6 is 0 Å². The van der Waals surface area contributed by atoms with Gasteiger partial charge in [-0.2, -0.15) is 0 Å². The standard InChI is InChI=1S/C29H36N2O5/c1-34-27-17-20(12-13-26(27)36-19-22-8-6-16-35-22)18-30-28(32)23-9-3-4-10-24(23)29(33)31-15-14-21-7-2-5-11-25(21)31/h2,5,7,11-13,17,22-24H,3-4,6,8-10,14-16,18-19H2,1H3,(H,30,32). The molecule has 3 unspecified atom stereocenters. The van der Waals surface area contributed by atoms with Crippen LogP contribution in [-0.4, -0.2) is 44.8 Å². The summed E-state index contributed by atoms with van der Waals surface area (Å²) in [5.74, 6) is 0.792. The minimum Gasteiger partial charge on any atom is -0.493 e. The van der Waals surface area contributed by atoms with E-state index < -0.39 is 0 Å². The van der Waals surface area contributed by atoms with E-state index in [4.69, 9.17) is 14.2 Å². The van der Waals surface area contributed by atoms with Crippen molar-refractivity contribution < 1.29 is 23.8 Å². The molecule has 5 rings (SSSR count). The molecule has 2 aliphatic heterocycles. The first-order valence-corrected chi connectivity index (χ1v) is 13.2. The molecule has 0 radical (unpaired) electrons. The monoisotopic (exact) mass is 492 g/mol. The average molecular weight is 493 g/mol. The number of para-hydroxylation sites is 1. The van der Waals surface area contributed by atoms with Gasteiger partial charge in [-0.05, 0) is 61.4 Å². The molecule has 0 spiro atoms. The maximum Gasteiger partial charge on any atom is 0.230 e. The number of methoxy groups -OCH3 is 1. The zero-order chi connectivity index (χ0) is 24.9. The number of rotatable bonds is 8. The second-order valence-electron chi connectivity index (χ2n) is 10.0. The van der Waals surface area contributed by atoms with Crippen LogP contribution < -0.4 is 19.7 Å². The van der Waals surface area contributed by atoms with E-state index in [0.717, 1.165) is 62.8 Å². The third kappa shape index (κ3) is 5.36. The Bertz CT molecular complexity index is 1080. The van der Waals surface area contributed by atoms with Gasteiger partial charge in [0.1, 0.15) is 6.61 Å². The van der Waals surface area contributed by atoms with Crippen LogP contribution in [0, 0.1) is 11.8 Å². The molecular weight excluding hydrogens is 456 g/mol. The third-order valence-corrected chi connectivity index (χ3v) is 7.72. The number of ether oxygens (including phenoxy) is 3. The Balaban J connectivity index is 1.20. The number of carbonyl (C=O) groups excluding carboxylic acids is 2. The SMILES string of the molecule is COc1cc(CNC(=O)C2CCCCC2C(=O)N2CCc3ccccc32)ccc1OCC1CCCO1. The van der Waals surface area contributed by atoms with Crippen LogP contribution in [0.15, 0.2) is 42.5 Å². The van der Waals surface area contributed by atoms with Crippen LogP contribution in [0.5, 0.6) is 11.5 Å². The van der Waals surface area contributed by atoms with E-state index in [1.807, 2.05) is 41.3 Å². The summed E-state index contributed by atoms with van der Waals surface area (Å²) in [6.45, 7) is 2.38. The van der Waals surface area contributed by atoms with Crippen molar-refractivity contribution >= 4 is 17.5 Å². The first-order valence-electron chi connectivity index (χ1n) is 13.2. The highest BCUT2D eigenvalue weighted by molar-refractivity contribution is 5.99. The number of nitrogens with zero attached hydrogens (tertiary/aromatic N) is 1. The van der Waals surface area contributed by atoms with E-state index in [1.165, 1.54) is 5.56 Å². The molecule has 1 N–H and O–H groups in total. The summed E-state index contributed by atoms with van der Waals surface area (Å²) in [6, 6.07) is 13.8. The molecule has 1 saturated heterocycles. The van der Waals surface area contributed by atoms with Gasteiger partial charge < -0.3 is 24.4 Å². The molecule has 36 heavy (non-hydrogen) atoms. The quantitative estimate of drug-likeness (QED) is 0.596. The van der Waals surface area contributed by atoms with Crippen molar-refractivity contribution in [2.24, 2.45) is 11.8 Å². The molecule has 2 amide bonds. The minimum atomic E-state index is -0.296. The van der Waals surface area contributed by atoms with Crippen molar-refractivity contribution in [3.05, 3.63) is 53.6 Å². The number of hydrogen-bond donors (Lipinski definition) is 1. The zero-order valence-electron chi connectivity index (χ0n) is 21.0. The molecule has 0 bridgehead atoms. The van der Waals surface area contributed by atoms with Crippen molar-refractivity contribution in [3.63, 3.8) is 0 Å². The fourth-order valence-corrected chi connectivity index (χ4v) is 5.73. The summed E-state index contributed by atoms with van der Waals surface area (Å²) >= 11 is 0. The van der Waals surface area contributed by atoms with Gasteiger partial charge in [-0.3, -0.25) is 9.59 Å². The maximum absolute atomic E-state index is 13.5. The average Bonchev–Trinajstić information content (AvgIpc) is 3.60. The van der Waals surface area contributed by atoms with Crippen LogP contribution in [0.2, 0.25) is 0 Å². The lowest BCUT2D eigenvalue weighted by Crippen LogP contribution is -2.45. The largest absolute Gasteiger partial charge is 0.493 e. The first-order chi connectivity index (χ1) is 17.6. The summed E-state index contributed by atoms with van der Waals surface area (Å²) in [4.78, 5) is 28.7. The van der Waals surface area contributed by atoms with Gasteiger partial charge in [-0.25, -0.2) is 0 Å². The molecular formula is C29H36N2O5. The van der Waals surface area contributed by atoms with Gasteiger partial charge in [0.15, 0.2) is 11.5 Å². The molecule has 7 nitrogen and oxygen atoms in total. The lowest BCUT2D eigenvalue weighted by Gasteiger charge is -2.32. The number of anilines is 1. The Morgan fingerprint density at radius 3 is 2.67 bits per heavy atom. The van der Waals surface area contributed by atoms with Crippen LogP contribution in [0.3, 0.4) is 0 Å². The molecule has 2 aromatic carbocycles. The van der Waals surface area contributed by atoms with Crippen molar-refractivity contribution in [1.82, 2.24) is 5.32 Å². The van der Waals surface area contributed by atoms with Gasteiger partial charge in [0.05, 0.1) is 19.1 Å². The van der Waals surface area contributed by atoms with E-state index in [9.17, 15) is 9.59 Å². The zero-order valence-corrected chi connectivity index (χ0v) is 21.0. The smallest absolute Gasteiger partial charge is 0.230 e. The fourth-order valence-electron chi connectivity index (χ4n) is 5.73. The second kappa shape index (κ2) is 11.3. The third-order valence-electron chi connectivity index (χ3n) is 7.72.